The number of benzene rings is 2. The molecule has 2 aromatic rings. The van der Waals surface area contributed by atoms with E-state index in [1.54, 1.807) is 35.2 Å². The van der Waals surface area contributed by atoms with E-state index in [9.17, 15) is 14.4 Å². The Hall–Kier alpha value is -3.39. The third kappa shape index (κ3) is 6.14. The van der Waals surface area contributed by atoms with E-state index in [0.29, 0.717) is 54.7 Å². The van der Waals surface area contributed by atoms with Crippen LogP contribution in [0.2, 0.25) is 0 Å². The molecule has 34 heavy (non-hydrogen) atoms. The molecule has 180 valence electrons. The van der Waals surface area contributed by atoms with E-state index in [2.05, 4.69) is 17.6 Å². The van der Waals surface area contributed by atoms with Crippen LogP contribution >= 0.6 is 0 Å². The molecule has 0 atom stereocenters. The topological polar surface area (TPSA) is 91.0 Å². The second-order valence-corrected chi connectivity index (χ2v) is 8.94. The minimum atomic E-state index is -0.238. The second kappa shape index (κ2) is 11.2. The van der Waals surface area contributed by atoms with Crippen molar-refractivity contribution in [2.45, 2.75) is 19.8 Å². The third-order valence-electron chi connectivity index (χ3n) is 6.33. The van der Waals surface area contributed by atoms with Crippen LogP contribution in [0.15, 0.2) is 48.5 Å². The molecule has 0 saturated carbocycles. The van der Waals surface area contributed by atoms with Gasteiger partial charge in [0.2, 0.25) is 5.91 Å². The molecule has 0 spiro atoms. The summed E-state index contributed by atoms with van der Waals surface area (Å²) in [5, 5.41) is 5.92. The monoisotopic (exact) mass is 464 g/mol. The summed E-state index contributed by atoms with van der Waals surface area (Å²) in [5.74, 6) is 0.385. The van der Waals surface area contributed by atoms with Gasteiger partial charge in [0, 0.05) is 48.7 Å². The SMILES string of the molecule is CC1CCN(C(=O)c2cccc(NCC(=O)Nc3cccc(C(=O)N4CCOCC4)c3)c2)CC1. The second-order valence-electron chi connectivity index (χ2n) is 8.94. The van der Waals surface area contributed by atoms with Crippen molar-refractivity contribution in [2.24, 2.45) is 5.92 Å². The fourth-order valence-corrected chi connectivity index (χ4v) is 4.22. The Bertz CT molecular complexity index is 1030. The number of nitrogens with zero attached hydrogens (tertiary/aromatic N) is 2. The van der Waals surface area contributed by atoms with Crippen LogP contribution in [0.1, 0.15) is 40.5 Å². The van der Waals surface area contributed by atoms with Gasteiger partial charge in [-0.3, -0.25) is 14.4 Å². The summed E-state index contributed by atoms with van der Waals surface area (Å²) < 4.78 is 5.30. The molecule has 2 heterocycles. The number of hydrogen-bond donors (Lipinski definition) is 2. The smallest absolute Gasteiger partial charge is 0.254 e. The molecule has 3 amide bonds. The van der Waals surface area contributed by atoms with E-state index < -0.39 is 0 Å². The molecule has 2 aliphatic heterocycles. The van der Waals surface area contributed by atoms with Gasteiger partial charge in [0.1, 0.15) is 0 Å². The third-order valence-corrected chi connectivity index (χ3v) is 6.33. The molecule has 0 unspecified atom stereocenters. The summed E-state index contributed by atoms with van der Waals surface area (Å²) in [5.41, 5.74) is 2.43. The van der Waals surface area contributed by atoms with Crippen LogP contribution in [0.3, 0.4) is 0 Å². The van der Waals surface area contributed by atoms with Crippen molar-refractivity contribution in [1.29, 1.82) is 0 Å². The Labute approximate surface area is 200 Å². The van der Waals surface area contributed by atoms with Crippen molar-refractivity contribution >= 4 is 29.1 Å². The van der Waals surface area contributed by atoms with Gasteiger partial charge in [-0.05, 0) is 55.2 Å². The zero-order chi connectivity index (χ0) is 23.9. The molecule has 0 aromatic heterocycles. The zero-order valence-corrected chi connectivity index (χ0v) is 19.6. The fraction of sp³-hybridized carbons (Fsp3) is 0.423. The highest BCUT2D eigenvalue weighted by molar-refractivity contribution is 5.98. The molecular weight excluding hydrogens is 432 g/mol. The lowest BCUT2D eigenvalue weighted by molar-refractivity contribution is -0.114. The van der Waals surface area contributed by atoms with Crippen LogP contribution in [-0.4, -0.2) is 73.5 Å². The van der Waals surface area contributed by atoms with Crippen molar-refractivity contribution in [3.8, 4) is 0 Å². The number of anilines is 2. The maximum Gasteiger partial charge on any atom is 0.254 e. The number of piperidine rings is 1. The molecule has 0 bridgehead atoms. The number of morpholine rings is 1. The number of carbonyl (C=O) groups excluding carboxylic acids is 3. The summed E-state index contributed by atoms with van der Waals surface area (Å²) in [6, 6.07) is 14.2. The number of nitrogens with one attached hydrogen (secondary N) is 2. The zero-order valence-electron chi connectivity index (χ0n) is 19.6. The van der Waals surface area contributed by atoms with Crippen LogP contribution in [0.5, 0.6) is 0 Å². The fourth-order valence-electron chi connectivity index (χ4n) is 4.22. The summed E-state index contributed by atoms with van der Waals surface area (Å²) in [6.45, 7) is 6.04. The quantitative estimate of drug-likeness (QED) is 0.686. The normalized spacial score (nSPS) is 16.7. The standard InChI is InChI=1S/C26H32N4O4/c1-19-8-10-29(11-9-19)25(32)20-4-2-6-22(16-20)27-18-24(31)28-23-7-3-5-21(17-23)26(33)30-12-14-34-15-13-30/h2-7,16-17,19,27H,8-15,18H2,1H3,(H,28,31). The predicted molar refractivity (Wildman–Crippen MR) is 131 cm³/mol. The first-order valence-electron chi connectivity index (χ1n) is 11.9. The number of likely N-dealkylation sites (tertiary alicyclic amines) is 1. The molecule has 2 saturated heterocycles. The van der Waals surface area contributed by atoms with Crippen molar-refractivity contribution in [2.75, 3.05) is 56.6 Å². The van der Waals surface area contributed by atoms with Crippen molar-refractivity contribution in [3.05, 3.63) is 59.7 Å². The lowest BCUT2D eigenvalue weighted by atomic mass is 9.98. The average molecular weight is 465 g/mol. The number of hydrogen-bond acceptors (Lipinski definition) is 5. The van der Waals surface area contributed by atoms with E-state index in [0.717, 1.165) is 25.9 Å². The van der Waals surface area contributed by atoms with Crippen LogP contribution in [0.25, 0.3) is 0 Å². The molecule has 2 aromatic carbocycles. The van der Waals surface area contributed by atoms with Crippen LogP contribution in [0, 0.1) is 5.92 Å². The van der Waals surface area contributed by atoms with Gasteiger partial charge in [0.05, 0.1) is 19.8 Å². The van der Waals surface area contributed by atoms with Gasteiger partial charge in [0.25, 0.3) is 11.8 Å². The minimum Gasteiger partial charge on any atom is -0.378 e. The molecule has 8 nitrogen and oxygen atoms in total. The maximum atomic E-state index is 12.8. The van der Waals surface area contributed by atoms with Gasteiger partial charge in [-0.15, -0.1) is 0 Å². The summed E-state index contributed by atoms with van der Waals surface area (Å²) in [4.78, 5) is 41.7. The first-order valence-corrected chi connectivity index (χ1v) is 11.9. The Balaban J connectivity index is 1.31. The largest absolute Gasteiger partial charge is 0.378 e. The van der Waals surface area contributed by atoms with Gasteiger partial charge >= 0.3 is 0 Å². The van der Waals surface area contributed by atoms with Gasteiger partial charge in [0.15, 0.2) is 0 Å². The highest BCUT2D eigenvalue weighted by atomic mass is 16.5. The van der Waals surface area contributed by atoms with E-state index >= 15 is 0 Å². The highest BCUT2D eigenvalue weighted by Crippen LogP contribution is 2.20. The average Bonchev–Trinajstić information content (AvgIpc) is 2.88. The summed E-state index contributed by atoms with van der Waals surface area (Å²) in [7, 11) is 0. The number of rotatable bonds is 6. The first kappa shape index (κ1) is 23.8. The molecule has 0 radical (unpaired) electrons. The van der Waals surface area contributed by atoms with Crippen molar-refractivity contribution in [3.63, 3.8) is 0 Å². The van der Waals surface area contributed by atoms with Gasteiger partial charge < -0.3 is 25.2 Å². The Morgan fingerprint density at radius 3 is 2.06 bits per heavy atom. The highest BCUT2D eigenvalue weighted by Gasteiger charge is 2.22. The minimum absolute atomic E-state index is 0.0294. The van der Waals surface area contributed by atoms with Crippen LogP contribution < -0.4 is 10.6 Å². The number of carbonyl (C=O) groups is 3. The van der Waals surface area contributed by atoms with Gasteiger partial charge in [-0.1, -0.05) is 19.1 Å². The Kier molecular flexibility index (Phi) is 7.80. The van der Waals surface area contributed by atoms with E-state index in [-0.39, 0.29) is 24.3 Å². The molecule has 0 aliphatic carbocycles. The molecule has 8 heteroatoms. The van der Waals surface area contributed by atoms with Crippen molar-refractivity contribution < 1.29 is 19.1 Å². The summed E-state index contributed by atoms with van der Waals surface area (Å²) >= 11 is 0. The van der Waals surface area contributed by atoms with Gasteiger partial charge in [-0.2, -0.15) is 0 Å². The van der Waals surface area contributed by atoms with Crippen LogP contribution in [-0.2, 0) is 9.53 Å². The predicted octanol–water partition coefficient (Wildman–Crippen LogP) is 3.08. The molecule has 2 fully saturated rings. The van der Waals surface area contributed by atoms with E-state index in [4.69, 9.17) is 4.74 Å². The maximum absolute atomic E-state index is 12.8. The first-order chi connectivity index (χ1) is 16.5. The van der Waals surface area contributed by atoms with Crippen molar-refractivity contribution in [1.82, 2.24) is 9.80 Å². The molecule has 2 aliphatic rings. The number of ether oxygens (including phenoxy) is 1. The number of amides is 3. The lowest BCUT2D eigenvalue weighted by Crippen LogP contribution is -2.40. The van der Waals surface area contributed by atoms with E-state index in [1.165, 1.54) is 0 Å². The Morgan fingerprint density at radius 2 is 1.41 bits per heavy atom. The molecule has 4 rings (SSSR count). The van der Waals surface area contributed by atoms with Crippen LogP contribution in [0.4, 0.5) is 11.4 Å². The molecular formula is C26H32N4O4. The lowest BCUT2D eigenvalue weighted by Gasteiger charge is -2.30. The Morgan fingerprint density at radius 1 is 0.853 bits per heavy atom. The summed E-state index contributed by atoms with van der Waals surface area (Å²) in [6.07, 6.45) is 2.06. The van der Waals surface area contributed by atoms with Gasteiger partial charge in [-0.25, -0.2) is 0 Å². The van der Waals surface area contributed by atoms with E-state index in [1.807, 2.05) is 23.1 Å². The molecule has 2 N–H and O–H groups in total.